The van der Waals surface area contributed by atoms with E-state index < -0.39 is 18.1 Å². The van der Waals surface area contributed by atoms with Crippen LogP contribution in [0.25, 0.3) is 0 Å². The van der Waals surface area contributed by atoms with Crippen molar-refractivity contribution in [2.75, 3.05) is 0 Å². The largest absolute Gasteiger partial charge is 0.285 e. The molecule has 0 spiro atoms. The van der Waals surface area contributed by atoms with E-state index in [1.54, 1.807) is 35.7 Å². The minimum atomic E-state index is -3.83. The maximum Gasteiger partial charge on any atom is 0.263 e. The van der Waals surface area contributed by atoms with E-state index in [1.807, 2.05) is 0 Å². The molecule has 0 unspecified atom stereocenters. The second-order valence-electron chi connectivity index (χ2n) is 3.37. The van der Waals surface area contributed by atoms with Gasteiger partial charge in [0.15, 0.2) is 0 Å². The Morgan fingerprint density at radius 3 is 1.24 bits per heavy atom. The van der Waals surface area contributed by atoms with Crippen LogP contribution in [0.1, 0.15) is 25.7 Å². The van der Waals surface area contributed by atoms with Crippen LogP contribution in [0.4, 0.5) is 0 Å². The van der Waals surface area contributed by atoms with Crippen molar-refractivity contribution in [3.8, 4) is 0 Å². The van der Waals surface area contributed by atoms with Crippen molar-refractivity contribution in [3.05, 3.63) is 0 Å². The summed E-state index contributed by atoms with van der Waals surface area (Å²) in [6.07, 6.45) is 6.26. The van der Waals surface area contributed by atoms with Crippen molar-refractivity contribution in [3.63, 3.8) is 0 Å². The zero-order valence-electron chi connectivity index (χ0n) is 9.19. The Balaban J connectivity index is 0. The van der Waals surface area contributed by atoms with Crippen molar-refractivity contribution in [1.82, 2.24) is 0 Å². The van der Waals surface area contributed by atoms with Gasteiger partial charge >= 0.3 is 52.8 Å². The van der Waals surface area contributed by atoms with Gasteiger partial charge in [-0.05, 0) is 0 Å². The van der Waals surface area contributed by atoms with Gasteiger partial charge in [-0.25, -0.2) is 0 Å². The summed E-state index contributed by atoms with van der Waals surface area (Å²) in [5.41, 5.74) is 0. The molecule has 11 heteroatoms. The molecule has 1 fully saturated rings. The van der Waals surface area contributed by atoms with Crippen molar-refractivity contribution in [1.29, 1.82) is 0 Å². The van der Waals surface area contributed by atoms with Crippen LogP contribution in [-0.2, 0) is 57.6 Å². The molecule has 0 amide bonds. The zero-order valence-corrected chi connectivity index (χ0v) is 15.4. The topological polar surface area (TPSA) is 115 Å². The van der Waals surface area contributed by atoms with Crippen LogP contribution >= 0.6 is 0 Å². The molecule has 4 N–H and O–H groups in total. The van der Waals surface area contributed by atoms with E-state index in [4.69, 9.17) is 26.6 Å². The fourth-order valence-corrected chi connectivity index (χ4v) is 4.95. The van der Waals surface area contributed by atoms with Gasteiger partial charge in [0.2, 0.25) is 0 Å². The summed E-state index contributed by atoms with van der Waals surface area (Å²) in [5, 5.41) is 3.38. The SMILES string of the molecule is C1CC[CH2][Zn][CH2]C1.O=S(O)(O)=S.O=S(O)(O)=S. The van der Waals surface area contributed by atoms with Crippen LogP contribution in [0, 0.1) is 0 Å². The van der Waals surface area contributed by atoms with Gasteiger partial charge in [-0.15, -0.1) is 0 Å². The third-order valence-corrected chi connectivity index (χ3v) is 5.95. The molecule has 1 aliphatic rings. The summed E-state index contributed by atoms with van der Waals surface area (Å²) in [6, 6.07) is 0. The summed E-state index contributed by atoms with van der Waals surface area (Å²) in [5.74, 6) is 0. The number of hydrogen-bond acceptors (Lipinski definition) is 4. The second-order valence-corrected chi connectivity index (χ2v) is 12.2. The molecule has 1 saturated heterocycles. The Kier molecular flexibility index (Phi) is 13.4. The molecular formula is C6H16O6S4Zn. The quantitative estimate of drug-likeness (QED) is 0.473. The van der Waals surface area contributed by atoms with Crippen molar-refractivity contribution in [2.45, 2.75) is 35.7 Å². The first-order valence-corrected chi connectivity index (χ1v) is 13.9. The predicted molar refractivity (Wildman–Crippen MR) is 69.6 cm³/mol. The Morgan fingerprint density at radius 1 is 0.765 bits per heavy atom. The molecule has 102 valence electrons. The number of rotatable bonds is 0. The molecule has 0 radical (unpaired) electrons. The van der Waals surface area contributed by atoms with Gasteiger partial charge in [0.25, 0.3) is 18.1 Å². The van der Waals surface area contributed by atoms with Crippen molar-refractivity contribution >= 4 is 40.5 Å². The van der Waals surface area contributed by atoms with Crippen LogP contribution in [0.2, 0.25) is 10.0 Å². The van der Waals surface area contributed by atoms with E-state index >= 15 is 0 Å². The molecule has 1 rings (SSSR count). The Bertz CT molecular complexity index is 298. The molecule has 17 heavy (non-hydrogen) atoms. The molecule has 0 saturated carbocycles. The van der Waals surface area contributed by atoms with Gasteiger partial charge in [0, 0.05) is 22.4 Å². The van der Waals surface area contributed by atoms with Crippen molar-refractivity contribution in [2.24, 2.45) is 0 Å². The zero-order chi connectivity index (χ0) is 13.9. The van der Waals surface area contributed by atoms with Gasteiger partial charge < -0.3 is 0 Å². The first-order valence-electron chi connectivity index (χ1n) is 4.90. The first kappa shape index (κ1) is 20.5. The molecule has 1 aliphatic heterocycles. The van der Waals surface area contributed by atoms with E-state index in [9.17, 15) is 0 Å². The summed E-state index contributed by atoms with van der Waals surface area (Å²) < 4.78 is 47.9. The summed E-state index contributed by atoms with van der Waals surface area (Å²) in [4.78, 5) is 0. The van der Waals surface area contributed by atoms with E-state index in [-0.39, 0.29) is 17.1 Å². The minimum Gasteiger partial charge on any atom is -0.285 e. The monoisotopic (exact) mass is 376 g/mol. The second kappa shape index (κ2) is 11.1. The van der Waals surface area contributed by atoms with Gasteiger partial charge in [-0.3, -0.25) is 18.2 Å². The maximum atomic E-state index is 9.11. The Labute approximate surface area is 119 Å². The van der Waals surface area contributed by atoms with Gasteiger partial charge in [0.1, 0.15) is 0 Å². The van der Waals surface area contributed by atoms with E-state index in [1.165, 1.54) is 0 Å². The third-order valence-electron chi connectivity index (χ3n) is 1.75. The van der Waals surface area contributed by atoms with Crippen LogP contribution in [0.3, 0.4) is 0 Å². The summed E-state index contributed by atoms with van der Waals surface area (Å²) in [6.45, 7) is 0. The molecule has 0 aromatic carbocycles. The molecular weight excluding hydrogens is 362 g/mol. The van der Waals surface area contributed by atoms with Gasteiger partial charge in [0.05, 0.1) is 0 Å². The average Bonchev–Trinajstić information content (AvgIpc) is 2.26. The average molecular weight is 378 g/mol. The van der Waals surface area contributed by atoms with Gasteiger partial charge in [-0.2, -0.15) is 8.42 Å². The van der Waals surface area contributed by atoms with Crippen LogP contribution in [0.5, 0.6) is 0 Å². The fourth-order valence-electron chi connectivity index (χ4n) is 1.24. The van der Waals surface area contributed by atoms with E-state index in [0.29, 0.717) is 0 Å². The molecule has 0 aromatic heterocycles. The van der Waals surface area contributed by atoms with E-state index in [2.05, 4.69) is 22.4 Å². The van der Waals surface area contributed by atoms with Crippen LogP contribution in [-0.4, -0.2) is 26.6 Å². The normalized spacial score (nSPS) is 15.8. The minimum absolute atomic E-state index is 0.115. The molecule has 1 heterocycles. The Hall–Kier alpha value is 1.20. The van der Waals surface area contributed by atoms with E-state index in [0.717, 1.165) is 0 Å². The molecule has 6 nitrogen and oxygen atoms in total. The molecule has 0 aliphatic carbocycles. The predicted octanol–water partition coefficient (Wildman–Crippen LogP) is 1.84. The molecule has 0 aromatic rings. The van der Waals surface area contributed by atoms with Gasteiger partial charge in [-0.1, -0.05) is 0 Å². The first-order chi connectivity index (χ1) is 7.50. The third kappa shape index (κ3) is 59.1. The van der Waals surface area contributed by atoms with Crippen molar-refractivity contribution < 1.29 is 43.8 Å². The fraction of sp³-hybridized carbons (Fsp3) is 1.00. The summed E-state index contributed by atoms with van der Waals surface area (Å²) in [7, 11) is -7.67. The number of hydrogen-bond donors (Lipinski definition) is 4. The summed E-state index contributed by atoms with van der Waals surface area (Å²) >= 11 is 7.05. The molecule has 0 atom stereocenters. The Morgan fingerprint density at radius 2 is 1.00 bits per heavy atom. The smallest absolute Gasteiger partial charge is 0.263 e. The maximum absolute atomic E-state index is 9.11. The van der Waals surface area contributed by atoms with Crippen LogP contribution < -0.4 is 0 Å². The standard InChI is InChI=1S/C6H12.2H2O3S2.Zn/c1-3-5-6-4-2;2*1-5(2,3)4;/h1-6H2;2*(H2,1,2,3,4);. The van der Waals surface area contributed by atoms with Crippen LogP contribution in [0.15, 0.2) is 0 Å². The molecule has 0 bridgehead atoms.